The van der Waals surface area contributed by atoms with Gasteiger partial charge in [0.15, 0.2) is 0 Å². The quantitative estimate of drug-likeness (QED) is 0.843. The molecule has 0 aromatic heterocycles. The van der Waals surface area contributed by atoms with Crippen LogP contribution in [-0.2, 0) is 12.8 Å². The van der Waals surface area contributed by atoms with Crippen molar-refractivity contribution in [3.63, 3.8) is 0 Å². The lowest BCUT2D eigenvalue weighted by Crippen LogP contribution is -2.35. The Balaban J connectivity index is 1.91. The van der Waals surface area contributed by atoms with Crippen LogP contribution < -0.4 is 4.74 Å². The highest BCUT2D eigenvalue weighted by Gasteiger charge is 2.37. The molecule has 0 radical (unpaired) electrons. The molecular weight excluding hydrogens is 272 g/mol. The largest absolute Gasteiger partial charge is 0.492 e. The summed E-state index contributed by atoms with van der Waals surface area (Å²) in [5, 5.41) is 9.55. The number of hydrogen-bond donors (Lipinski definition) is 0. The van der Waals surface area contributed by atoms with Crippen LogP contribution in [0.4, 0.5) is 8.78 Å². The molecule has 0 fully saturated rings. The molecule has 21 heavy (non-hydrogen) atoms. The summed E-state index contributed by atoms with van der Waals surface area (Å²) in [6.45, 7) is 0.206. The van der Waals surface area contributed by atoms with Crippen LogP contribution in [-0.4, -0.2) is 6.61 Å². The van der Waals surface area contributed by atoms with E-state index in [1.807, 2.05) is 24.3 Å². The molecule has 0 spiro atoms. The van der Waals surface area contributed by atoms with E-state index in [0.29, 0.717) is 12.0 Å². The van der Waals surface area contributed by atoms with Gasteiger partial charge in [0.2, 0.25) is 0 Å². The van der Waals surface area contributed by atoms with Crippen LogP contribution in [0.2, 0.25) is 0 Å². The normalized spacial score (nSPS) is 20.2. The minimum atomic E-state index is -0.826. The van der Waals surface area contributed by atoms with Crippen molar-refractivity contribution in [3.8, 4) is 11.8 Å². The third kappa shape index (κ3) is 2.59. The Morgan fingerprint density at radius 3 is 2.76 bits per heavy atom. The summed E-state index contributed by atoms with van der Waals surface area (Å²) in [6.07, 6.45) is 0.695. The van der Waals surface area contributed by atoms with E-state index < -0.39 is 17.0 Å². The Hall–Kier alpha value is -2.41. The molecule has 1 unspecified atom stereocenters. The molecule has 0 aliphatic carbocycles. The molecule has 4 heteroatoms. The average molecular weight is 285 g/mol. The number of para-hydroxylation sites is 1. The van der Waals surface area contributed by atoms with Gasteiger partial charge in [0, 0.05) is 6.07 Å². The number of benzene rings is 2. The molecule has 2 nitrogen and oxygen atoms in total. The maximum absolute atomic E-state index is 13.8. The Bertz CT molecular complexity index is 723. The van der Waals surface area contributed by atoms with E-state index in [2.05, 4.69) is 6.07 Å². The molecule has 1 heterocycles. The van der Waals surface area contributed by atoms with Crippen LogP contribution in [0.15, 0.2) is 42.5 Å². The minimum absolute atomic E-state index is 0.198. The zero-order chi connectivity index (χ0) is 14.9. The van der Waals surface area contributed by atoms with Crippen LogP contribution in [0.1, 0.15) is 11.1 Å². The first kappa shape index (κ1) is 13.6. The van der Waals surface area contributed by atoms with Gasteiger partial charge in [-0.3, -0.25) is 0 Å². The third-order valence-electron chi connectivity index (χ3n) is 3.79. The van der Waals surface area contributed by atoms with E-state index in [0.717, 1.165) is 17.4 Å². The monoisotopic (exact) mass is 285 g/mol. The molecular formula is C17H13F2NO. The van der Waals surface area contributed by atoms with Gasteiger partial charge in [0.1, 0.15) is 24.0 Å². The fraction of sp³-hybridized carbons (Fsp3) is 0.235. The SMILES string of the molecule is N#CC1(Cc2ccc(F)cc2F)COc2ccccc2C1. The first-order valence-electron chi connectivity index (χ1n) is 6.68. The predicted molar refractivity (Wildman–Crippen MR) is 73.7 cm³/mol. The van der Waals surface area contributed by atoms with Gasteiger partial charge >= 0.3 is 0 Å². The Kier molecular flexibility index (Phi) is 3.34. The van der Waals surface area contributed by atoms with Gasteiger partial charge in [-0.1, -0.05) is 24.3 Å². The summed E-state index contributed by atoms with van der Waals surface area (Å²) >= 11 is 0. The molecule has 0 saturated heterocycles. The molecule has 0 amide bonds. The number of nitriles is 1. The molecule has 0 N–H and O–H groups in total. The van der Waals surface area contributed by atoms with Gasteiger partial charge in [0.25, 0.3) is 0 Å². The second-order valence-corrected chi connectivity index (χ2v) is 5.38. The zero-order valence-corrected chi connectivity index (χ0v) is 11.3. The van der Waals surface area contributed by atoms with Gasteiger partial charge < -0.3 is 4.74 Å². The van der Waals surface area contributed by atoms with Crippen molar-refractivity contribution in [2.45, 2.75) is 12.8 Å². The number of ether oxygens (including phenoxy) is 1. The number of hydrogen-bond acceptors (Lipinski definition) is 2. The summed E-state index contributed by atoms with van der Waals surface area (Å²) in [5.41, 5.74) is 0.446. The highest BCUT2D eigenvalue weighted by Crippen LogP contribution is 2.37. The highest BCUT2D eigenvalue weighted by molar-refractivity contribution is 5.38. The molecule has 0 saturated carbocycles. The van der Waals surface area contributed by atoms with Gasteiger partial charge in [0.05, 0.1) is 11.5 Å². The number of rotatable bonds is 2. The Morgan fingerprint density at radius 2 is 2.00 bits per heavy atom. The van der Waals surface area contributed by atoms with E-state index in [9.17, 15) is 14.0 Å². The molecule has 3 rings (SSSR count). The molecule has 106 valence electrons. The lowest BCUT2D eigenvalue weighted by atomic mass is 9.77. The van der Waals surface area contributed by atoms with Gasteiger partial charge in [-0.05, 0) is 36.1 Å². The second-order valence-electron chi connectivity index (χ2n) is 5.38. The van der Waals surface area contributed by atoms with Crippen LogP contribution in [0.3, 0.4) is 0 Å². The van der Waals surface area contributed by atoms with Crippen LogP contribution in [0.25, 0.3) is 0 Å². The molecule has 1 atom stereocenters. The van der Waals surface area contributed by atoms with E-state index in [-0.39, 0.29) is 13.0 Å². The number of nitrogens with zero attached hydrogens (tertiary/aromatic N) is 1. The van der Waals surface area contributed by atoms with E-state index in [1.54, 1.807) is 0 Å². The molecule has 2 aromatic carbocycles. The smallest absolute Gasteiger partial charge is 0.129 e. The standard InChI is InChI=1S/C17H13F2NO/c18-14-6-5-12(15(19)7-14)8-17(10-20)9-13-3-1-2-4-16(13)21-11-17/h1-7H,8-9,11H2. The molecule has 0 bridgehead atoms. The minimum Gasteiger partial charge on any atom is -0.492 e. The fourth-order valence-corrected chi connectivity index (χ4v) is 2.68. The average Bonchev–Trinajstić information content (AvgIpc) is 2.50. The lowest BCUT2D eigenvalue weighted by molar-refractivity contribution is 0.168. The summed E-state index contributed by atoms with van der Waals surface area (Å²) in [7, 11) is 0. The molecule has 1 aliphatic heterocycles. The van der Waals surface area contributed by atoms with Gasteiger partial charge in [-0.15, -0.1) is 0 Å². The first-order chi connectivity index (χ1) is 10.1. The predicted octanol–water partition coefficient (Wildman–Crippen LogP) is 3.65. The van der Waals surface area contributed by atoms with Crippen molar-refractivity contribution < 1.29 is 13.5 Å². The van der Waals surface area contributed by atoms with Crippen LogP contribution in [0, 0.1) is 28.4 Å². The number of fused-ring (bicyclic) bond motifs is 1. The van der Waals surface area contributed by atoms with Crippen molar-refractivity contribution in [3.05, 3.63) is 65.2 Å². The summed E-state index contributed by atoms with van der Waals surface area (Å²) in [6, 6.07) is 13.2. The fourth-order valence-electron chi connectivity index (χ4n) is 2.68. The Labute approximate surface area is 121 Å². The molecule has 1 aliphatic rings. The maximum Gasteiger partial charge on any atom is 0.129 e. The van der Waals surface area contributed by atoms with Gasteiger partial charge in [-0.2, -0.15) is 5.26 Å². The Morgan fingerprint density at radius 1 is 1.19 bits per heavy atom. The topological polar surface area (TPSA) is 33.0 Å². The number of halogens is 2. The first-order valence-corrected chi connectivity index (χ1v) is 6.68. The van der Waals surface area contributed by atoms with Crippen LogP contribution >= 0.6 is 0 Å². The highest BCUT2D eigenvalue weighted by atomic mass is 19.1. The van der Waals surface area contributed by atoms with Gasteiger partial charge in [-0.25, -0.2) is 8.78 Å². The van der Waals surface area contributed by atoms with Crippen molar-refractivity contribution in [2.75, 3.05) is 6.61 Å². The van der Waals surface area contributed by atoms with Crippen molar-refractivity contribution in [1.29, 1.82) is 5.26 Å². The second kappa shape index (κ2) is 5.17. The van der Waals surface area contributed by atoms with E-state index in [4.69, 9.17) is 4.74 Å². The third-order valence-corrected chi connectivity index (χ3v) is 3.79. The molecule has 2 aromatic rings. The summed E-state index contributed by atoms with van der Waals surface area (Å²) in [4.78, 5) is 0. The van der Waals surface area contributed by atoms with Crippen molar-refractivity contribution in [1.82, 2.24) is 0 Å². The lowest BCUT2D eigenvalue weighted by Gasteiger charge is -2.32. The summed E-state index contributed by atoms with van der Waals surface area (Å²) < 4.78 is 32.4. The van der Waals surface area contributed by atoms with Crippen molar-refractivity contribution >= 4 is 0 Å². The van der Waals surface area contributed by atoms with Crippen molar-refractivity contribution in [2.24, 2.45) is 5.41 Å². The van der Waals surface area contributed by atoms with E-state index in [1.165, 1.54) is 12.1 Å². The zero-order valence-electron chi connectivity index (χ0n) is 11.3. The maximum atomic E-state index is 13.8. The van der Waals surface area contributed by atoms with Crippen LogP contribution in [0.5, 0.6) is 5.75 Å². The van der Waals surface area contributed by atoms with E-state index >= 15 is 0 Å². The summed E-state index contributed by atoms with van der Waals surface area (Å²) in [5.74, 6) is -0.473.